The third kappa shape index (κ3) is 3.02. The van der Waals surface area contributed by atoms with Crippen LogP contribution in [0.3, 0.4) is 0 Å². The minimum Gasteiger partial charge on any atom is -0.382 e. The van der Waals surface area contributed by atoms with Crippen LogP contribution in [-0.4, -0.2) is 4.98 Å². The van der Waals surface area contributed by atoms with E-state index in [0.717, 1.165) is 5.56 Å². The Hall–Kier alpha value is -1.45. The van der Waals surface area contributed by atoms with E-state index in [1.165, 1.54) is 0 Å². The van der Waals surface area contributed by atoms with Crippen molar-refractivity contribution >= 4 is 34.8 Å². The molecule has 2 aromatic rings. The van der Waals surface area contributed by atoms with Gasteiger partial charge in [-0.15, -0.1) is 0 Å². The summed E-state index contributed by atoms with van der Waals surface area (Å²) in [4.78, 5) is 4.09. The lowest BCUT2D eigenvalue weighted by Crippen LogP contribution is -2.03. The molecule has 1 aromatic carbocycles. The quantitative estimate of drug-likeness (QED) is 0.894. The number of pyridine rings is 1. The van der Waals surface area contributed by atoms with Gasteiger partial charge < -0.3 is 11.1 Å². The number of nitrogens with one attached hydrogen (secondary N) is 1. The number of hydrogen-bond acceptors (Lipinski definition) is 3. The molecular formula is C12H11Cl2N3. The zero-order valence-electron chi connectivity index (χ0n) is 8.95. The van der Waals surface area contributed by atoms with Crippen molar-refractivity contribution in [1.29, 1.82) is 0 Å². The van der Waals surface area contributed by atoms with Crippen LogP contribution in [0.4, 0.5) is 11.6 Å². The van der Waals surface area contributed by atoms with Crippen molar-refractivity contribution in [3.8, 4) is 0 Å². The number of nitrogens with zero attached hydrogens (tertiary/aromatic N) is 1. The van der Waals surface area contributed by atoms with Crippen molar-refractivity contribution in [2.45, 2.75) is 6.54 Å². The summed E-state index contributed by atoms with van der Waals surface area (Å²) in [5.41, 5.74) is 6.75. The normalized spacial score (nSPS) is 10.2. The van der Waals surface area contributed by atoms with Gasteiger partial charge in [0.2, 0.25) is 0 Å². The second kappa shape index (κ2) is 5.25. The number of nitrogens with two attached hydrogens (primary N) is 1. The van der Waals surface area contributed by atoms with Gasteiger partial charge in [-0.05, 0) is 11.6 Å². The fraction of sp³-hybridized carbons (Fsp3) is 0.0833. The summed E-state index contributed by atoms with van der Waals surface area (Å²) >= 11 is 11.8. The molecule has 0 bridgehead atoms. The summed E-state index contributed by atoms with van der Waals surface area (Å²) < 4.78 is 0. The summed E-state index contributed by atoms with van der Waals surface area (Å²) in [6.45, 7) is 0.634. The number of rotatable bonds is 3. The Balaban J connectivity index is 2.12. The predicted molar refractivity (Wildman–Crippen MR) is 72.4 cm³/mol. The van der Waals surface area contributed by atoms with Gasteiger partial charge in [-0.25, -0.2) is 4.98 Å². The van der Waals surface area contributed by atoms with Gasteiger partial charge in [0.05, 0.1) is 10.0 Å². The van der Waals surface area contributed by atoms with Crippen LogP contribution >= 0.6 is 23.2 Å². The topological polar surface area (TPSA) is 50.9 Å². The lowest BCUT2D eigenvalue weighted by atomic mass is 10.2. The number of hydrogen-bond donors (Lipinski definition) is 2. The van der Waals surface area contributed by atoms with Crippen molar-refractivity contribution in [2.24, 2.45) is 0 Å². The van der Waals surface area contributed by atoms with Crippen LogP contribution in [0.15, 0.2) is 36.4 Å². The van der Waals surface area contributed by atoms with Crippen molar-refractivity contribution in [3.05, 3.63) is 52.0 Å². The van der Waals surface area contributed by atoms with Crippen LogP contribution in [0, 0.1) is 0 Å². The van der Waals surface area contributed by atoms with E-state index in [1.807, 2.05) is 30.3 Å². The average molecular weight is 268 g/mol. The summed E-state index contributed by atoms with van der Waals surface area (Å²) in [5, 5.41) is 3.94. The van der Waals surface area contributed by atoms with Crippen molar-refractivity contribution < 1.29 is 0 Å². The SMILES string of the molecule is Nc1nc(NCc2ccccc2)c(Cl)cc1Cl. The van der Waals surface area contributed by atoms with Crippen LogP contribution in [-0.2, 0) is 6.54 Å². The third-order valence-corrected chi connectivity index (χ3v) is 2.85. The number of halogens is 2. The Labute approximate surface area is 110 Å². The fourth-order valence-electron chi connectivity index (χ4n) is 1.39. The van der Waals surface area contributed by atoms with Crippen molar-refractivity contribution in [3.63, 3.8) is 0 Å². The van der Waals surface area contributed by atoms with E-state index in [-0.39, 0.29) is 5.82 Å². The molecule has 0 spiro atoms. The lowest BCUT2D eigenvalue weighted by molar-refractivity contribution is 1.11. The molecule has 0 unspecified atom stereocenters. The third-order valence-electron chi connectivity index (χ3n) is 2.26. The molecule has 1 aromatic heterocycles. The number of benzene rings is 1. The van der Waals surface area contributed by atoms with Gasteiger partial charge in [-0.3, -0.25) is 0 Å². The molecule has 0 radical (unpaired) electrons. The van der Waals surface area contributed by atoms with Crippen LogP contribution in [0.1, 0.15) is 5.56 Å². The summed E-state index contributed by atoms with van der Waals surface area (Å²) in [6.07, 6.45) is 0. The highest BCUT2D eigenvalue weighted by Gasteiger charge is 2.06. The highest BCUT2D eigenvalue weighted by molar-refractivity contribution is 6.37. The molecule has 0 aliphatic rings. The van der Waals surface area contributed by atoms with Gasteiger partial charge in [0.1, 0.15) is 11.6 Å². The monoisotopic (exact) mass is 267 g/mol. The summed E-state index contributed by atoms with van der Waals surface area (Å²) in [5.74, 6) is 0.809. The maximum atomic E-state index is 6.00. The highest BCUT2D eigenvalue weighted by Crippen LogP contribution is 2.27. The summed E-state index contributed by atoms with van der Waals surface area (Å²) in [6, 6.07) is 11.5. The van der Waals surface area contributed by atoms with E-state index in [4.69, 9.17) is 28.9 Å². The first-order valence-electron chi connectivity index (χ1n) is 5.06. The van der Waals surface area contributed by atoms with Crippen LogP contribution in [0.2, 0.25) is 10.0 Å². The van der Waals surface area contributed by atoms with Gasteiger partial charge in [0.25, 0.3) is 0 Å². The van der Waals surface area contributed by atoms with E-state index in [0.29, 0.717) is 22.4 Å². The predicted octanol–water partition coefficient (Wildman–Crippen LogP) is 3.58. The first-order valence-corrected chi connectivity index (χ1v) is 5.81. The van der Waals surface area contributed by atoms with Crippen molar-refractivity contribution in [2.75, 3.05) is 11.1 Å². The molecule has 0 aliphatic heterocycles. The fourth-order valence-corrected chi connectivity index (χ4v) is 1.81. The minimum atomic E-state index is 0.270. The number of aromatic nitrogens is 1. The molecule has 0 amide bonds. The maximum absolute atomic E-state index is 6.00. The van der Waals surface area contributed by atoms with Crippen LogP contribution in [0.5, 0.6) is 0 Å². The first-order chi connectivity index (χ1) is 8.16. The second-order valence-electron chi connectivity index (χ2n) is 3.53. The second-order valence-corrected chi connectivity index (χ2v) is 4.34. The highest BCUT2D eigenvalue weighted by atomic mass is 35.5. The van der Waals surface area contributed by atoms with E-state index in [9.17, 15) is 0 Å². The molecule has 0 aliphatic carbocycles. The van der Waals surface area contributed by atoms with E-state index < -0.39 is 0 Å². The molecule has 0 atom stereocenters. The minimum absolute atomic E-state index is 0.270. The molecule has 17 heavy (non-hydrogen) atoms. The molecular weight excluding hydrogens is 257 g/mol. The van der Waals surface area contributed by atoms with Gasteiger partial charge >= 0.3 is 0 Å². The molecule has 88 valence electrons. The van der Waals surface area contributed by atoms with Gasteiger partial charge in [0, 0.05) is 6.54 Å². The van der Waals surface area contributed by atoms with Gasteiger partial charge in [0.15, 0.2) is 0 Å². The average Bonchev–Trinajstić information content (AvgIpc) is 2.33. The molecule has 2 rings (SSSR count). The molecule has 0 saturated carbocycles. The molecule has 1 heterocycles. The molecule has 5 heteroatoms. The molecule has 3 N–H and O–H groups in total. The van der Waals surface area contributed by atoms with E-state index >= 15 is 0 Å². The Kier molecular flexibility index (Phi) is 3.71. The Morgan fingerprint density at radius 2 is 1.82 bits per heavy atom. The van der Waals surface area contributed by atoms with E-state index in [2.05, 4.69) is 10.3 Å². The largest absolute Gasteiger partial charge is 0.382 e. The van der Waals surface area contributed by atoms with Gasteiger partial charge in [-0.1, -0.05) is 53.5 Å². The standard InChI is InChI=1S/C12H11Cl2N3/c13-9-6-10(14)12(17-11(9)15)16-7-8-4-2-1-3-5-8/h1-6H,7H2,(H3,15,16,17). The van der Waals surface area contributed by atoms with Crippen molar-refractivity contribution in [1.82, 2.24) is 4.98 Å². The smallest absolute Gasteiger partial charge is 0.147 e. The lowest BCUT2D eigenvalue weighted by Gasteiger charge is -2.09. The molecule has 0 saturated heterocycles. The Morgan fingerprint density at radius 1 is 1.12 bits per heavy atom. The van der Waals surface area contributed by atoms with E-state index in [1.54, 1.807) is 6.07 Å². The number of anilines is 2. The molecule has 3 nitrogen and oxygen atoms in total. The van der Waals surface area contributed by atoms with Crippen LogP contribution < -0.4 is 11.1 Å². The Morgan fingerprint density at radius 3 is 2.53 bits per heavy atom. The molecule has 0 fully saturated rings. The number of nitrogen functional groups attached to an aromatic ring is 1. The van der Waals surface area contributed by atoms with Crippen LogP contribution in [0.25, 0.3) is 0 Å². The maximum Gasteiger partial charge on any atom is 0.147 e. The van der Waals surface area contributed by atoms with Gasteiger partial charge in [-0.2, -0.15) is 0 Å². The summed E-state index contributed by atoms with van der Waals surface area (Å²) in [7, 11) is 0. The zero-order chi connectivity index (χ0) is 12.3. The zero-order valence-corrected chi connectivity index (χ0v) is 10.5. The first kappa shape index (κ1) is 12.0. The Bertz CT molecular complexity index is 515.